The number of carbonyl (C=O) groups is 2. The second kappa shape index (κ2) is 5.54. The van der Waals surface area contributed by atoms with Crippen LogP contribution < -0.4 is 0 Å². The maximum Gasteiger partial charge on any atom is 0.394 e. The number of amides is 1. The number of carboxylic acid groups (broad SMARTS) is 1. The van der Waals surface area contributed by atoms with Crippen molar-refractivity contribution in [1.29, 1.82) is 0 Å². The van der Waals surface area contributed by atoms with Gasteiger partial charge in [0.05, 0.1) is 11.8 Å². The molecule has 1 aromatic carbocycles. The maximum absolute atomic E-state index is 13.1. The summed E-state index contributed by atoms with van der Waals surface area (Å²) in [5.41, 5.74) is -0.468. The molecule has 0 bridgehead atoms. The molecule has 1 aliphatic heterocycles. The van der Waals surface area contributed by atoms with Gasteiger partial charge in [-0.25, -0.2) is 8.78 Å². The molecule has 120 valence electrons. The van der Waals surface area contributed by atoms with Crippen molar-refractivity contribution < 1.29 is 36.6 Å². The molecular weight excluding hydrogens is 313 g/mol. The van der Waals surface area contributed by atoms with Gasteiger partial charge in [-0.05, 0) is 12.1 Å². The van der Waals surface area contributed by atoms with E-state index in [0.717, 1.165) is 0 Å². The molecule has 0 aliphatic carbocycles. The Morgan fingerprint density at radius 1 is 1.09 bits per heavy atom. The van der Waals surface area contributed by atoms with Gasteiger partial charge >= 0.3 is 12.1 Å². The molecule has 22 heavy (non-hydrogen) atoms. The molecule has 1 aromatic rings. The smallest absolute Gasteiger partial charge is 0.394 e. The fraction of sp³-hybridized carbons (Fsp3) is 0.385. The Kier molecular flexibility index (Phi) is 4.08. The molecule has 0 unspecified atom stereocenters. The molecule has 4 nitrogen and oxygen atoms in total. The molecule has 1 fully saturated rings. The van der Waals surface area contributed by atoms with Crippen molar-refractivity contribution in [3.63, 3.8) is 0 Å². The lowest BCUT2D eigenvalue weighted by atomic mass is 9.96. The summed E-state index contributed by atoms with van der Waals surface area (Å²) in [7, 11) is 0. The van der Waals surface area contributed by atoms with Crippen LogP contribution >= 0.6 is 0 Å². The van der Waals surface area contributed by atoms with Crippen molar-refractivity contribution in [2.75, 3.05) is 13.1 Å². The van der Waals surface area contributed by atoms with Gasteiger partial charge in [-0.2, -0.15) is 13.2 Å². The van der Waals surface area contributed by atoms with Crippen LogP contribution in [0.4, 0.5) is 22.0 Å². The summed E-state index contributed by atoms with van der Waals surface area (Å²) >= 11 is 0. The van der Waals surface area contributed by atoms with Gasteiger partial charge < -0.3 is 10.0 Å². The Balaban J connectivity index is 2.26. The summed E-state index contributed by atoms with van der Waals surface area (Å²) < 4.78 is 64.6. The van der Waals surface area contributed by atoms with E-state index in [0.29, 0.717) is 23.1 Å². The molecule has 1 N–H and O–H groups in total. The number of carboxylic acids is 1. The van der Waals surface area contributed by atoms with Crippen LogP contribution in [0.1, 0.15) is 10.4 Å². The zero-order valence-electron chi connectivity index (χ0n) is 10.9. The van der Waals surface area contributed by atoms with E-state index in [1.165, 1.54) is 0 Å². The minimum atomic E-state index is -4.79. The molecule has 0 spiro atoms. The number of hydrogen-bond acceptors (Lipinski definition) is 2. The first-order chi connectivity index (χ1) is 10.1. The van der Waals surface area contributed by atoms with E-state index < -0.39 is 60.2 Å². The predicted octanol–water partition coefficient (Wildman–Crippen LogP) is 2.30. The number of nitrogens with zero attached hydrogens (tertiary/aromatic N) is 1. The molecular formula is C13H10F5NO3. The van der Waals surface area contributed by atoms with Crippen molar-refractivity contribution in [3.8, 4) is 0 Å². The minimum absolute atomic E-state index is 0.468. The van der Waals surface area contributed by atoms with Gasteiger partial charge in [0.1, 0.15) is 11.6 Å². The van der Waals surface area contributed by atoms with Gasteiger partial charge in [0.25, 0.3) is 5.91 Å². The third kappa shape index (κ3) is 3.18. The van der Waals surface area contributed by atoms with Crippen molar-refractivity contribution in [3.05, 3.63) is 35.4 Å². The van der Waals surface area contributed by atoms with Crippen LogP contribution in [0.15, 0.2) is 18.2 Å². The van der Waals surface area contributed by atoms with E-state index in [4.69, 9.17) is 5.11 Å². The number of alkyl halides is 3. The van der Waals surface area contributed by atoms with Gasteiger partial charge in [-0.3, -0.25) is 9.59 Å². The first kappa shape index (κ1) is 16.2. The summed E-state index contributed by atoms with van der Waals surface area (Å²) in [5, 5.41) is 8.85. The molecule has 2 rings (SSSR count). The van der Waals surface area contributed by atoms with E-state index >= 15 is 0 Å². The van der Waals surface area contributed by atoms with Crippen LogP contribution in [-0.2, 0) is 4.79 Å². The van der Waals surface area contributed by atoms with E-state index in [1.807, 2.05) is 0 Å². The zero-order chi connectivity index (χ0) is 16.7. The lowest BCUT2D eigenvalue weighted by Gasteiger charge is -2.18. The van der Waals surface area contributed by atoms with Crippen molar-refractivity contribution in [2.24, 2.45) is 11.8 Å². The largest absolute Gasteiger partial charge is 0.481 e. The Hall–Kier alpha value is -2.19. The quantitative estimate of drug-likeness (QED) is 0.850. The average Bonchev–Trinajstić information content (AvgIpc) is 2.81. The number of hydrogen-bond donors (Lipinski definition) is 1. The normalized spacial score (nSPS) is 22.0. The Morgan fingerprint density at radius 3 is 2.05 bits per heavy atom. The molecule has 2 atom stereocenters. The maximum atomic E-state index is 13.1. The summed E-state index contributed by atoms with van der Waals surface area (Å²) in [6, 6.07) is 1.88. The lowest BCUT2D eigenvalue weighted by Crippen LogP contribution is -2.34. The molecule has 0 aromatic heterocycles. The van der Waals surface area contributed by atoms with E-state index in [-0.39, 0.29) is 0 Å². The SMILES string of the molecule is O=C(O)[C@@H]1CN(C(=O)c2cc(F)cc(F)c2)C[C@H]1C(F)(F)F. The zero-order valence-corrected chi connectivity index (χ0v) is 10.9. The van der Waals surface area contributed by atoms with Gasteiger partial charge in [-0.15, -0.1) is 0 Å². The van der Waals surface area contributed by atoms with Gasteiger partial charge in [-0.1, -0.05) is 0 Å². The number of carbonyl (C=O) groups excluding carboxylic acids is 1. The summed E-state index contributed by atoms with van der Waals surface area (Å²) in [6.07, 6.45) is -4.79. The topological polar surface area (TPSA) is 57.6 Å². The van der Waals surface area contributed by atoms with E-state index in [2.05, 4.69) is 0 Å². The highest BCUT2D eigenvalue weighted by molar-refractivity contribution is 5.95. The van der Waals surface area contributed by atoms with Crippen LogP contribution in [0.2, 0.25) is 0 Å². The molecule has 1 heterocycles. The van der Waals surface area contributed by atoms with Gasteiger partial charge in [0, 0.05) is 24.7 Å². The monoisotopic (exact) mass is 323 g/mol. The van der Waals surface area contributed by atoms with Crippen molar-refractivity contribution >= 4 is 11.9 Å². The van der Waals surface area contributed by atoms with Crippen LogP contribution in [0, 0.1) is 23.5 Å². The summed E-state index contributed by atoms with van der Waals surface area (Å²) in [5.74, 6) is -8.84. The van der Waals surface area contributed by atoms with E-state index in [9.17, 15) is 31.5 Å². The fourth-order valence-corrected chi connectivity index (χ4v) is 2.41. The predicted molar refractivity (Wildman–Crippen MR) is 62.9 cm³/mol. The molecule has 9 heteroatoms. The van der Waals surface area contributed by atoms with Crippen LogP contribution in [-0.4, -0.2) is 41.1 Å². The Labute approximate surface area is 121 Å². The highest BCUT2D eigenvalue weighted by atomic mass is 19.4. The fourth-order valence-electron chi connectivity index (χ4n) is 2.41. The number of aliphatic carboxylic acids is 1. The van der Waals surface area contributed by atoms with Crippen molar-refractivity contribution in [2.45, 2.75) is 6.18 Å². The second-order valence-corrected chi connectivity index (χ2v) is 4.96. The van der Waals surface area contributed by atoms with Gasteiger partial charge in [0.2, 0.25) is 0 Å². The number of rotatable bonds is 2. The number of benzene rings is 1. The highest BCUT2D eigenvalue weighted by Gasteiger charge is 2.53. The van der Waals surface area contributed by atoms with Crippen LogP contribution in [0.5, 0.6) is 0 Å². The van der Waals surface area contributed by atoms with Crippen LogP contribution in [0.3, 0.4) is 0 Å². The first-order valence-electron chi connectivity index (χ1n) is 6.14. The average molecular weight is 323 g/mol. The molecule has 0 saturated carbocycles. The van der Waals surface area contributed by atoms with E-state index in [1.54, 1.807) is 0 Å². The third-order valence-electron chi connectivity index (χ3n) is 3.45. The minimum Gasteiger partial charge on any atom is -0.481 e. The number of likely N-dealkylation sites (tertiary alicyclic amines) is 1. The Bertz CT molecular complexity index is 596. The first-order valence-corrected chi connectivity index (χ1v) is 6.14. The molecule has 1 aliphatic rings. The second-order valence-electron chi connectivity index (χ2n) is 4.96. The molecule has 0 radical (unpaired) electrons. The Morgan fingerprint density at radius 2 is 1.64 bits per heavy atom. The summed E-state index contributed by atoms with van der Waals surface area (Å²) in [6.45, 7) is -1.53. The summed E-state index contributed by atoms with van der Waals surface area (Å²) in [4.78, 5) is 23.6. The van der Waals surface area contributed by atoms with Crippen LogP contribution in [0.25, 0.3) is 0 Å². The number of halogens is 5. The van der Waals surface area contributed by atoms with Crippen molar-refractivity contribution in [1.82, 2.24) is 4.90 Å². The highest BCUT2D eigenvalue weighted by Crippen LogP contribution is 2.38. The lowest BCUT2D eigenvalue weighted by molar-refractivity contribution is -0.187. The molecule has 1 amide bonds. The standard InChI is InChI=1S/C13H10F5NO3/c14-7-1-6(2-8(15)3-7)11(20)19-4-9(12(21)22)10(5-19)13(16,17)18/h1-3,9-10H,4-5H2,(H,21,22)/t9-,10-/m1/s1. The molecule has 1 saturated heterocycles. The van der Waals surface area contributed by atoms with Gasteiger partial charge in [0.15, 0.2) is 0 Å². The third-order valence-corrected chi connectivity index (χ3v) is 3.45.